The van der Waals surface area contributed by atoms with Crippen LogP contribution in [0.15, 0.2) is 18.2 Å². The van der Waals surface area contributed by atoms with E-state index >= 15 is 0 Å². The number of anilines is 1. The summed E-state index contributed by atoms with van der Waals surface area (Å²) in [6.07, 6.45) is 2.91. The molecule has 0 aliphatic heterocycles. The molecule has 0 saturated carbocycles. The van der Waals surface area contributed by atoms with Crippen molar-refractivity contribution in [2.45, 2.75) is 26.2 Å². The minimum Gasteiger partial charge on any atom is -0.381 e. The second kappa shape index (κ2) is 9.55. The third kappa shape index (κ3) is 6.73. The Kier molecular flexibility index (Phi) is 7.99. The van der Waals surface area contributed by atoms with Crippen molar-refractivity contribution >= 4 is 23.3 Å². The molecule has 0 heterocycles. The Morgan fingerprint density at radius 1 is 1.35 bits per heavy atom. The first-order valence-electron chi connectivity index (χ1n) is 6.71. The van der Waals surface area contributed by atoms with Crippen molar-refractivity contribution in [3.8, 4) is 0 Å². The SMILES string of the molecule is CCCCOCCCNC(=O)Nc1ccc(F)cc1Cl. The van der Waals surface area contributed by atoms with Gasteiger partial charge in [-0.1, -0.05) is 24.9 Å². The fourth-order valence-corrected chi connectivity index (χ4v) is 1.70. The van der Waals surface area contributed by atoms with Gasteiger partial charge in [0.2, 0.25) is 0 Å². The van der Waals surface area contributed by atoms with Gasteiger partial charge in [-0.05, 0) is 31.0 Å². The van der Waals surface area contributed by atoms with Gasteiger partial charge in [0.1, 0.15) is 5.82 Å². The van der Waals surface area contributed by atoms with E-state index in [9.17, 15) is 9.18 Å². The second-order valence-corrected chi connectivity index (χ2v) is 4.73. The van der Waals surface area contributed by atoms with Gasteiger partial charge in [-0.2, -0.15) is 0 Å². The maximum atomic E-state index is 12.8. The van der Waals surface area contributed by atoms with E-state index in [2.05, 4.69) is 17.6 Å². The number of carbonyl (C=O) groups is 1. The van der Waals surface area contributed by atoms with Crippen LogP contribution in [0.1, 0.15) is 26.2 Å². The molecule has 2 amide bonds. The predicted molar refractivity (Wildman–Crippen MR) is 78.8 cm³/mol. The summed E-state index contributed by atoms with van der Waals surface area (Å²) in [6.45, 7) is 4.00. The molecule has 0 saturated heterocycles. The lowest BCUT2D eigenvalue weighted by Crippen LogP contribution is -2.30. The van der Waals surface area contributed by atoms with Crippen molar-refractivity contribution in [3.05, 3.63) is 29.0 Å². The molecule has 0 spiro atoms. The highest BCUT2D eigenvalue weighted by Crippen LogP contribution is 2.22. The molecule has 0 unspecified atom stereocenters. The van der Waals surface area contributed by atoms with Crippen molar-refractivity contribution in [2.24, 2.45) is 0 Å². The molecule has 112 valence electrons. The first kappa shape index (κ1) is 16.7. The molecule has 1 rings (SSSR count). The minimum atomic E-state index is -0.440. The average Bonchev–Trinajstić information content (AvgIpc) is 2.41. The highest BCUT2D eigenvalue weighted by molar-refractivity contribution is 6.33. The first-order valence-corrected chi connectivity index (χ1v) is 7.09. The van der Waals surface area contributed by atoms with E-state index < -0.39 is 5.82 Å². The van der Waals surface area contributed by atoms with E-state index in [0.29, 0.717) is 18.8 Å². The van der Waals surface area contributed by atoms with Gasteiger partial charge < -0.3 is 15.4 Å². The lowest BCUT2D eigenvalue weighted by molar-refractivity contribution is 0.129. The van der Waals surface area contributed by atoms with Gasteiger partial charge in [0.05, 0.1) is 10.7 Å². The summed E-state index contributed by atoms with van der Waals surface area (Å²) in [5, 5.41) is 5.41. The molecule has 6 heteroatoms. The summed E-state index contributed by atoms with van der Waals surface area (Å²) >= 11 is 5.80. The molecule has 0 radical (unpaired) electrons. The summed E-state index contributed by atoms with van der Waals surface area (Å²) < 4.78 is 18.2. The zero-order valence-corrected chi connectivity index (χ0v) is 12.3. The molecule has 1 aromatic rings. The number of hydrogen-bond donors (Lipinski definition) is 2. The molecular weight excluding hydrogens is 283 g/mol. The van der Waals surface area contributed by atoms with E-state index in [1.807, 2.05) is 0 Å². The molecule has 20 heavy (non-hydrogen) atoms. The standard InChI is InChI=1S/C14H20ClFN2O2/c1-2-3-8-20-9-4-7-17-14(19)18-13-6-5-11(16)10-12(13)15/h5-6,10H,2-4,7-9H2,1H3,(H2,17,18,19). The number of benzene rings is 1. The number of urea groups is 1. The number of rotatable bonds is 8. The monoisotopic (exact) mass is 302 g/mol. The van der Waals surface area contributed by atoms with Crippen LogP contribution in [-0.4, -0.2) is 25.8 Å². The minimum absolute atomic E-state index is 0.169. The van der Waals surface area contributed by atoms with Crippen molar-refractivity contribution in [3.63, 3.8) is 0 Å². The fourth-order valence-electron chi connectivity index (χ4n) is 1.48. The van der Waals surface area contributed by atoms with Crippen LogP contribution in [-0.2, 0) is 4.74 Å². The Balaban J connectivity index is 2.17. The van der Waals surface area contributed by atoms with E-state index in [1.54, 1.807) is 0 Å². The van der Waals surface area contributed by atoms with Crippen LogP contribution in [0.25, 0.3) is 0 Å². The summed E-state index contributed by atoms with van der Waals surface area (Å²) in [7, 11) is 0. The quantitative estimate of drug-likeness (QED) is 0.718. The molecule has 0 aliphatic rings. The molecule has 0 aromatic heterocycles. The number of carbonyl (C=O) groups excluding carboxylic acids is 1. The number of ether oxygens (including phenoxy) is 1. The van der Waals surface area contributed by atoms with Crippen molar-refractivity contribution in [1.82, 2.24) is 5.32 Å². The normalized spacial score (nSPS) is 10.3. The third-order valence-corrected chi connectivity index (χ3v) is 2.89. The average molecular weight is 303 g/mol. The fraction of sp³-hybridized carbons (Fsp3) is 0.500. The Hall–Kier alpha value is -1.33. The van der Waals surface area contributed by atoms with E-state index in [0.717, 1.165) is 31.9 Å². The molecule has 0 atom stereocenters. The van der Waals surface area contributed by atoms with Gasteiger partial charge in [0.15, 0.2) is 0 Å². The van der Waals surface area contributed by atoms with E-state index in [-0.39, 0.29) is 11.1 Å². The summed E-state index contributed by atoms with van der Waals surface area (Å²) in [5.41, 5.74) is 0.379. The van der Waals surface area contributed by atoms with Crippen LogP contribution in [0.5, 0.6) is 0 Å². The highest BCUT2D eigenvalue weighted by Gasteiger charge is 2.05. The lowest BCUT2D eigenvalue weighted by atomic mass is 10.3. The molecule has 0 bridgehead atoms. The van der Waals surface area contributed by atoms with Crippen LogP contribution in [0.3, 0.4) is 0 Å². The maximum absolute atomic E-state index is 12.8. The van der Waals surface area contributed by atoms with Gasteiger partial charge in [0.25, 0.3) is 0 Å². The van der Waals surface area contributed by atoms with Crippen LogP contribution in [0.2, 0.25) is 5.02 Å². The Morgan fingerprint density at radius 2 is 2.10 bits per heavy atom. The second-order valence-electron chi connectivity index (χ2n) is 4.32. The number of hydrogen-bond acceptors (Lipinski definition) is 2. The topological polar surface area (TPSA) is 50.4 Å². The van der Waals surface area contributed by atoms with Crippen LogP contribution >= 0.6 is 11.6 Å². The van der Waals surface area contributed by atoms with Crippen LogP contribution in [0.4, 0.5) is 14.9 Å². The Morgan fingerprint density at radius 3 is 2.80 bits per heavy atom. The molecule has 0 fully saturated rings. The van der Waals surface area contributed by atoms with E-state index in [1.165, 1.54) is 12.1 Å². The van der Waals surface area contributed by atoms with Gasteiger partial charge in [0, 0.05) is 19.8 Å². The van der Waals surface area contributed by atoms with Gasteiger partial charge in [-0.3, -0.25) is 0 Å². The molecular formula is C14H20ClFN2O2. The molecule has 1 aromatic carbocycles. The largest absolute Gasteiger partial charge is 0.381 e. The Labute approximate surface area is 123 Å². The number of halogens is 2. The lowest BCUT2D eigenvalue weighted by Gasteiger charge is -2.09. The Bertz CT molecular complexity index is 430. The third-order valence-electron chi connectivity index (χ3n) is 2.57. The summed E-state index contributed by atoms with van der Waals surface area (Å²) in [6, 6.07) is 3.44. The van der Waals surface area contributed by atoms with Gasteiger partial charge in [-0.25, -0.2) is 9.18 Å². The number of amides is 2. The molecule has 2 N–H and O–H groups in total. The van der Waals surface area contributed by atoms with Crippen molar-refractivity contribution in [2.75, 3.05) is 25.1 Å². The predicted octanol–water partition coefficient (Wildman–Crippen LogP) is 3.81. The zero-order chi connectivity index (χ0) is 14.8. The summed E-state index contributed by atoms with van der Waals surface area (Å²) in [5.74, 6) is -0.440. The highest BCUT2D eigenvalue weighted by atomic mass is 35.5. The smallest absolute Gasteiger partial charge is 0.319 e. The van der Waals surface area contributed by atoms with Crippen LogP contribution < -0.4 is 10.6 Å². The maximum Gasteiger partial charge on any atom is 0.319 e. The van der Waals surface area contributed by atoms with Crippen LogP contribution in [0, 0.1) is 5.82 Å². The van der Waals surface area contributed by atoms with Gasteiger partial charge in [-0.15, -0.1) is 0 Å². The number of nitrogens with one attached hydrogen (secondary N) is 2. The zero-order valence-electron chi connectivity index (χ0n) is 11.5. The van der Waals surface area contributed by atoms with Gasteiger partial charge >= 0.3 is 6.03 Å². The first-order chi connectivity index (χ1) is 9.63. The van der Waals surface area contributed by atoms with Crippen molar-refractivity contribution in [1.29, 1.82) is 0 Å². The number of unbranched alkanes of at least 4 members (excludes halogenated alkanes) is 1. The summed E-state index contributed by atoms with van der Waals surface area (Å²) in [4.78, 5) is 11.6. The molecule has 4 nitrogen and oxygen atoms in total. The van der Waals surface area contributed by atoms with E-state index in [4.69, 9.17) is 16.3 Å². The molecule has 0 aliphatic carbocycles. The van der Waals surface area contributed by atoms with Crippen molar-refractivity contribution < 1.29 is 13.9 Å².